The van der Waals surface area contributed by atoms with Gasteiger partial charge in [0.15, 0.2) is 0 Å². The number of nitrogens with one attached hydrogen (secondary N) is 1. The summed E-state index contributed by atoms with van der Waals surface area (Å²) in [4.78, 5) is 2.44. The molecule has 2 aliphatic rings. The van der Waals surface area contributed by atoms with Crippen molar-refractivity contribution in [2.75, 3.05) is 25.5 Å². The third-order valence-electron chi connectivity index (χ3n) is 3.52. The predicted octanol–water partition coefficient (Wildman–Crippen LogP) is 1.90. The van der Waals surface area contributed by atoms with Crippen LogP contribution in [0.2, 0.25) is 0 Å². The summed E-state index contributed by atoms with van der Waals surface area (Å²) in [5, 5.41) is 3.63. The molecule has 0 amide bonds. The smallest absolute Gasteiger partial charge is 0.0379 e. The maximum atomic E-state index is 3.63. The molecule has 2 atom stereocenters. The van der Waals surface area contributed by atoms with Crippen LogP contribution in [-0.2, 0) is 0 Å². The highest BCUT2D eigenvalue weighted by Gasteiger charge is 2.35. The summed E-state index contributed by atoms with van der Waals surface area (Å²) in [7, 11) is 2.22. The van der Waals surface area contributed by atoms with Gasteiger partial charge in [-0.3, -0.25) is 0 Å². The highest BCUT2D eigenvalue weighted by atomic mass is 15.1. The Balaban J connectivity index is 1.97. The van der Waals surface area contributed by atoms with E-state index in [9.17, 15) is 0 Å². The second-order valence-electron chi connectivity index (χ2n) is 4.50. The summed E-state index contributed by atoms with van der Waals surface area (Å²) in [6.07, 6.45) is 1.27. The van der Waals surface area contributed by atoms with Crippen molar-refractivity contribution in [3.8, 4) is 0 Å². The largest absolute Gasteiger partial charge is 0.381 e. The average molecular weight is 188 g/mol. The highest BCUT2D eigenvalue weighted by molar-refractivity contribution is 5.59. The number of rotatable bonds is 0. The first-order chi connectivity index (χ1) is 6.84. The maximum Gasteiger partial charge on any atom is 0.0379 e. The van der Waals surface area contributed by atoms with Crippen molar-refractivity contribution in [1.82, 2.24) is 4.90 Å². The molecule has 0 saturated carbocycles. The van der Waals surface area contributed by atoms with Crippen molar-refractivity contribution in [1.29, 1.82) is 0 Å². The van der Waals surface area contributed by atoms with E-state index in [0.29, 0.717) is 12.0 Å². The van der Waals surface area contributed by atoms with Crippen molar-refractivity contribution >= 4 is 5.69 Å². The lowest BCUT2D eigenvalue weighted by molar-refractivity contribution is 0.243. The van der Waals surface area contributed by atoms with E-state index in [0.717, 1.165) is 0 Å². The van der Waals surface area contributed by atoms with Crippen LogP contribution in [0.5, 0.6) is 0 Å². The number of para-hydroxylation sites is 1. The van der Waals surface area contributed by atoms with Crippen LogP contribution in [0.1, 0.15) is 17.9 Å². The molecule has 0 spiro atoms. The molecule has 0 bridgehead atoms. The molecule has 2 heteroatoms. The van der Waals surface area contributed by atoms with E-state index in [4.69, 9.17) is 0 Å². The van der Waals surface area contributed by atoms with Crippen LogP contribution in [0.4, 0.5) is 5.69 Å². The van der Waals surface area contributed by atoms with Crippen LogP contribution >= 0.6 is 0 Å². The minimum Gasteiger partial charge on any atom is -0.381 e. The molecule has 1 aromatic rings. The molecule has 14 heavy (non-hydrogen) atoms. The summed E-state index contributed by atoms with van der Waals surface area (Å²) >= 11 is 0. The molecule has 0 radical (unpaired) electrons. The molecule has 74 valence electrons. The van der Waals surface area contributed by atoms with Gasteiger partial charge in [0.1, 0.15) is 0 Å². The van der Waals surface area contributed by atoms with Gasteiger partial charge in [-0.15, -0.1) is 0 Å². The lowest BCUT2D eigenvalue weighted by Crippen LogP contribution is -2.39. The molecule has 2 aliphatic heterocycles. The van der Waals surface area contributed by atoms with Gasteiger partial charge in [0.05, 0.1) is 0 Å². The molecule has 1 fully saturated rings. The van der Waals surface area contributed by atoms with E-state index in [-0.39, 0.29) is 0 Å². The minimum absolute atomic E-state index is 0.684. The number of piperidine rings is 1. The Kier molecular flexibility index (Phi) is 1.77. The second kappa shape index (κ2) is 2.99. The van der Waals surface area contributed by atoms with E-state index in [1.807, 2.05) is 0 Å². The number of hydrogen-bond acceptors (Lipinski definition) is 2. The summed E-state index contributed by atoms with van der Waals surface area (Å²) in [6.45, 7) is 2.43. The number of fused-ring (bicyclic) bond motifs is 3. The number of nitrogens with zero attached hydrogens (tertiary/aromatic N) is 1. The van der Waals surface area contributed by atoms with Crippen LogP contribution in [0.15, 0.2) is 24.3 Å². The quantitative estimate of drug-likeness (QED) is 0.669. The number of hydrogen-bond donors (Lipinski definition) is 1. The zero-order valence-corrected chi connectivity index (χ0v) is 8.53. The topological polar surface area (TPSA) is 15.3 Å². The molecule has 1 aromatic carbocycles. The molecule has 3 rings (SSSR count). The summed E-state index contributed by atoms with van der Waals surface area (Å²) < 4.78 is 0. The number of likely N-dealkylation sites (tertiary alicyclic amines) is 1. The summed E-state index contributed by atoms with van der Waals surface area (Å²) in [6, 6.07) is 9.42. The lowest BCUT2D eigenvalue weighted by atomic mass is 9.90. The lowest BCUT2D eigenvalue weighted by Gasteiger charge is -2.32. The Morgan fingerprint density at radius 3 is 3.14 bits per heavy atom. The molecular weight excluding hydrogens is 172 g/mol. The Morgan fingerprint density at radius 2 is 2.21 bits per heavy atom. The molecule has 2 heterocycles. The van der Waals surface area contributed by atoms with Gasteiger partial charge in [-0.05, 0) is 31.6 Å². The zero-order chi connectivity index (χ0) is 9.54. The van der Waals surface area contributed by atoms with E-state index in [1.165, 1.54) is 30.8 Å². The van der Waals surface area contributed by atoms with Crippen LogP contribution in [0, 0.1) is 0 Å². The molecule has 1 N–H and O–H groups in total. The summed E-state index contributed by atoms with van der Waals surface area (Å²) in [5.41, 5.74) is 2.88. The van der Waals surface area contributed by atoms with Crippen LogP contribution in [-0.4, -0.2) is 31.1 Å². The summed E-state index contributed by atoms with van der Waals surface area (Å²) in [5.74, 6) is 0.713. The van der Waals surface area contributed by atoms with E-state index >= 15 is 0 Å². The van der Waals surface area contributed by atoms with E-state index in [2.05, 4.69) is 41.5 Å². The van der Waals surface area contributed by atoms with Gasteiger partial charge in [-0.25, -0.2) is 0 Å². The van der Waals surface area contributed by atoms with Crippen molar-refractivity contribution in [2.24, 2.45) is 0 Å². The first kappa shape index (κ1) is 8.30. The SMILES string of the molecule is CN1CC[C@H]2Nc3ccccc3[C@@H]2C1. The van der Waals surface area contributed by atoms with Crippen molar-refractivity contribution in [3.63, 3.8) is 0 Å². The minimum atomic E-state index is 0.684. The van der Waals surface area contributed by atoms with Gasteiger partial charge >= 0.3 is 0 Å². The van der Waals surface area contributed by atoms with Gasteiger partial charge in [-0.1, -0.05) is 18.2 Å². The first-order valence-electron chi connectivity index (χ1n) is 5.38. The predicted molar refractivity (Wildman–Crippen MR) is 58.7 cm³/mol. The molecular formula is C12H16N2. The van der Waals surface area contributed by atoms with Crippen LogP contribution in [0.3, 0.4) is 0 Å². The maximum absolute atomic E-state index is 3.63. The van der Waals surface area contributed by atoms with E-state index < -0.39 is 0 Å². The van der Waals surface area contributed by atoms with Crippen molar-refractivity contribution < 1.29 is 0 Å². The fourth-order valence-corrected chi connectivity index (χ4v) is 2.75. The van der Waals surface area contributed by atoms with Gasteiger partial charge in [0.2, 0.25) is 0 Å². The Bertz CT molecular complexity index is 348. The standard InChI is InChI=1S/C12H16N2/c1-14-7-6-12-10(8-14)9-4-2-3-5-11(9)13-12/h2-5,10,12-13H,6-8H2,1H3/t10-,12+/m0/s1. The van der Waals surface area contributed by atoms with Gasteiger partial charge in [0.25, 0.3) is 0 Å². The molecule has 0 aliphatic carbocycles. The van der Waals surface area contributed by atoms with E-state index in [1.54, 1.807) is 0 Å². The fourth-order valence-electron chi connectivity index (χ4n) is 2.75. The van der Waals surface area contributed by atoms with Crippen molar-refractivity contribution in [3.05, 3.63) is 29.8 Å². The van der Waals surface area contributed by atoms with Crippen LogP contribution < -0.4 is 5.32 Å². The molecule has 2 nitrogen and oxygen atoms in total. The number of anilines is 1. The Hall–Kier alpha value is -1.02. The van der Waals surface area contributed by atoms with Crippen molar-refractivity contribution in [2.45, 2.75) is 18.4 Å². The second-order valence-corrected chi connectivity index (χ2v) is 4.50. The third kappa shape index (κ3) is 1.14. The average Bonchev–Trinajstić information content (AvgIpc) is 2.56. The Morgan fingerprint density at radius 1 is 1.36 bits per heavy atom. The third-order valence-corrected chi connectivity index (χ3v) is 3.52. The van der Waals surface area contributed by atoms with Gasteiger partial charge in [0, 0.05) is 24.2 Å². The van der Waals surface area contributed by atoms with Crippen LogP contribution in [0.25, 0.3) is 0 Å². The van der Waals surface area contributed by atoms with Gasteiger partial charge < -0.3 is 10.2 Å². The molecule has 0 aromatic heterocycles. The number of benzene rings is 1. The zero-order valence-electron chi connectivity index (χ0n) is 8.53. The normalized spacial score (nSPS) is 30.6. The fraction of sp³-hybridized carbons (Fsp3) is 0.500. The molecule has 1 saturated heterocycles. The van der Waals surface area contributed by atoms with Gasteiger partial charge in [-0.2, -0.15) is 0 Å². The highest BCUT2D eigenvalue weighted by Crippen LogP contribution is 2.39. The monoisotopic (exact) mass is 188 g/mol. The number of likely N-dealkylation sites (N-methyl/N-ethyl adjacent to an activating group) is 1. The first-order valence-corrected chi connectivity index (χ1v) is 5.38. The Labute approximate surface area is 84.9 Å². The molecule has 0 unspecified atom stereocenters.